The van der Waals surface area contributed by atoms with Crippen LogP contribution in [0, 0.1) is 5.92 Å². The maximum absolute atomic E-state index is 3.65. The zero-order chi connectivity index (χ0) is 14.4. The van der Waals surface area contributed by atoms with Crippen molar-refractivity contribution in [1.29, 1.82) is 0 Å². The number of hydrogen-bond acceptors (Lipinski definition) is 2. The molecule has 1 aromatic rings. The molecule has 112 valence electrons. The van der Waals surface area contributed by atoms with E-state index in [0.717, 1.165) is 12.5 Å². The highest BCUT2D eigenvalue weighted by Crippen LogP contribution is 2.32. The summed E-state index contributed by atoms with van der Waals surface area (Å²) in [5.74, 6) is 0.812. The second kappa shape index (κ2) is 7.68. The molecular formula is C18H30N2. The average molecular weight is 274 g/mol. The van der Waals surface area contributed by atoms with Crippen molar-refractivity contribution in [1.82, 2.24) is 5.32 Å². The lowest BCUT2D eigenvalue weighted by Crippen LogP contribution is -2.26. The maximum atomic E-state index is 3.65. The predicted octanol–water partition coefficient (Wildman–Crippen LogP) is 4.37. The Balaban J connectivity index is 2.11. The number of nitrogens with zero attached hydrogens (tertiary/aromatic N) is 1. The SMILES string of the molecule is CCNC1CCCN(CCCC(C)C)c2ccccc21. The van der Waals surface area contributed by atoms with Gasteiger partial charge in [-0.3, -0.25) is 0 Å². The summed E-state index contributed by atoms with van der Waals surface area (Å²) in [6, 6.07) is 9.51. The standard InChI is InChI=1S/C18H30N2/c1-4-19-17-11-8-14-20(13-7-9-15(2)3)18-12-6-5-10-16(17)18/h5-6,10,12,15,17,19H,4,7-9,11,13-14H2,1-3H3. The molecule has 1 heterocycles. The Hall–Kier alpha value is -1.02. The Morgan fingerprint density at radius 2 is 2.10 bits per heavy atom. The number of rotatable bonds is 6. The fourth-order valence-corrected chi connectivity index (χ4v) is 3.21. The van der Waals surface area contributed by atoms with Crippen LogP contribution >= 0.6 is 0 Å². The van der Waals surface area contributed by atoms with Crippen molar-refractivity contribution in [2.75, 3.05) is 24.5 Å². The molecule has 20 heavy (non-hydrogen) atoms. The first-order valence-corrected chi connectivity index (χ1v) is 8.29. The van der Waals surface area contributed by atoms with Crippen LogP contribution in [0.25, 0.3) is 0 Å². The van der Waals surface area contributed by atoms with Crippen LogP contribution < -0.4 is 10.2 Å². The van der Waals surface area contributed by atoms with Gasteiger partial charge in [-0.05, 0) is 49.8 Å². The van der Waals surface area contributed by atoms with Crippen LogP contribution in [-0.2, 0) is 0 Å². The Morgan fingerprint density at radius 3 is 2.85 bits per heavy atom. The van der Waals surface area contributed by atoms with Crippen molar-refractivity contribution in [3.05, 3.63) is 29.8 Å². The van der Waals surface area contributed by atoms with E-state index >= 15 is 0 Å². The summed E-state index contributed by atoms with van der Waals surface area (Å²) in [5, 5.41) is 3.65. The Kier molecular flexibility index (Phi) is 5.90. The topological polar surface area (TPSA) is 15.3 Å². The molecule has 0 saturated carbocycles. The molecule has 0 aromatic heterocycles. The van der Waals surface area contributed by atoms with Crippen molar-refractivity contribution >= 4 is 5.69 Å². The molecule has 2 rings (SSSR count). The summed E-state index contributed by atoms with van der Waals surface area (Å²) in [7, 11) is 0. The van der Waals surface area contributed by atoms with E-state index in [1.165, 1.54) is 50.0 Å². The summed E-state index contributed by atoms with van der Waals surface area (Å²) < 4.78 is 0. The van der Waals surface area contributed by atoms with Gasteiger partial charge in [-0.1, -0.05) is 39.0 Å². The van der Waals surface area contributed by atoms with E-state index in [0.29, 0.717) is 6.04 Å². The van der Waals surface area contributed by atoms with Gasteiger partial charge in [0.15, 0.2) is 0 Å². The summed E-state index contributed by atoms with van der Waals surface area (Å²) in [6.45, 7) is 10.3. The van der Waals surface area contributed by atoms with Crippen molar-refractivity contribution in [3.63, 3.8) is 0 Å². The first kappa shape index (κ1) is 15.4. The summed E-state index contributed by atoms with van der Waals surface area (Å²) in [5.41, 5.74) is 2.95. The maximum Gasteiger partial charge on any atom is 0.0414 e. The molecular weight excluding hydrogens is 244 g/mol. The average Bonchev–Trinajstić information content (AvgIpc) is 2.60. The van der Waals surface area contributed by atoms with Crippen molar-refractivity contribution in [2.24, 2.45) is 5.92 Å². The number of hydrogen-bond donors (Lipinski definition) is 1. The van der Waals surface area contributed by atoms with Gasteiger partial charge < -0.3 is 10.2 Å². The van der Waals surface area contributed by atoms with E-state index in [4.69, 9.17) is 0 Å². The molecule has 2 heteroatoms. The van der Waals surface area contributed by atoms with Gasteiger partial charge in [-0.2, -0.15) is 0 Å². The van der Waals surface area contributed by atoms with Crippen molar-refractivity contribution < 1.29 is 0 Å². The fraction of sp³-hybridized carbons (Fsp3) is 0.667. The summed E-state index contributed by atoms with van der Waals surface area (Å²) in [4.78, 5) is 2.61. The molecule has 0 radical (unpaired) electrons. The number of para-hydroxylation sites is 1. The van der Waals surface area contributed by atoms with Crippen LogP contribution in [0.15, 0.2) is 24.3 Å². The van der Waals surface area contributed by atoms with Crippen LogP contribution in [0.2, 0.25) is 0 Å². The molecule has 0 aliphatic carbocycles. The number of anilines is 1. The Bertz CT molecular complexity index is 400. The third-order valence-corrected chi connectivity index (χ3v) is 4.23. The molecule has 0 fully saturated rings. The summed E-state index contributed by atoms with van der Waals surface area (Å²) >= 11 is 0. The molecule has 1 aliphatic rings. The lowest BCUT2D eigenvalue weighted by Gasteiger charge is -2.26. The van der Waals surface area contributed by atoms with Gasteiger partial charge in [-0.25, -0.2) is 0 Å². The minimum atomic E-state index is 0.534. The number of fused-ring (bicyclic) bond motifs is 1. The normalized spacial score (nSPS) is 19.0. The zero-order valence-corrected chi connectivity index (χ0v) is 13.4. The van der Waals surface area contributed by atoms with Crippen LogP contribution in [-0.4, -0.2) is 19.6 Å². The number of benzene rings is 1. The largest absolute Gasteiger partial charge is 0.371 e. The predicted molar refractivity (Wildman–Crippen MR) is 88.4 cm³/mol. The Labute approximate surface area is 124 Å². The molecule has 1 N–H and O–H groups in total. The van der Waals surface area contributed by atoms with Crippen molar-refractivity contribution in [3.8, 4) is 0 Å². The highest BCUT2D eigenvalue weighted by Gasteiger charge is 2.21. The van der Waals surface area contributed by atoms with Gasteiger partial charge >= 0.3 is 0 Å². The lowest BCUT2D eigenvalue weighted by atomic mass is 10.0. The minimum absolute atomic E-state index is 0.534. The molecule has 1 atom stereocenters. The number of nitrogens with one attached hydrogen (secondary N) is 1. The zero-order valence-electron chi connectivity index (χ0n) is 13.4. The van der Waals surface area contributed by atoms with Gasteiger partial charge in [-0.15, -0.1) is 0 Å². The quantitative estimate of drug-likeness (QED) is 0.828. The lowest BCUT2D eigenvalue weighted by molar-refractivity contribution is 0.508. The summed E-state index contributed by atoms with van der Waals surface area (Å²) in [6.07, 6.45) is 5.17. The van der Waals surface area contributed by atoms with Crippen LogP contribution in [0.5, 0.6) is 0 Å². The second-order valence-electron chi connectivity index (χ2n) is 6.33. The van der Waals surface area contributed by atoms with Gasteiger partial charge in [0.1, 0.15) is 0 Å². The van der Waals surface area contributed by atoms with Crippen LogP contribution in [0.4, 0.5) is 5.69 Å². The Morgan fingerprint density at radius 1 is 1.30 bits per heavy atom. The minimum Gasteiger partial charge on any atom is -0.371 e. The molecule has 1 unspecified atom stereocenters. The first-order chi connectivity index (χ1) is 9.72. The highest BCUT2D eigenvalue weighted by molar-refractivity contribution is 5.55. The van der Waals surface area contributed by atoms with Gasteiger partial charge in [0.2, 0.25) is 0 Å². The van der Waals surface area contributed by atoms with E-state index < -0.39 is 0 Å². The van der Waals surface area contributed by atoms with Gasteiger partial charge in [0.25, 0.3) is 0 Å². The van der Waals surface area contributed by atoms with E-state index in [1.807, 2.05) is 0 Å². The molecule has 0 spiro atoms. The molecule has 2 nitrogen and oxygen atoms in total. The molecule has 0 bridgehead atoms. The molecule has 1 aromatic carbocycles. The second-order valence-corrected chi connectivity index (χ2v) is 6.33. The van der Waals surface area contributed by atoms with E-state index in [-0.39, 0.29) is 0 Å². The monoisotopic (exact) mass is 274 g/mol. The third kappa shape index (κ3) is 3.99. The molecule has 0 saturated heterocycles. The van der Waals surface area contributed by atoms with Crippen molar-refractivity contribution in [2.45, 2.75) is 52.5 Å². The molecule has 0 amide bonds. The van der Waals surface area contributed by atoms with E-state index in [9.17, 15) is 0 Å². The van der Waals surface area contributed by atoms with Crippen LogP contribution in [0.1, 0.15) is 58.1 Å². The highest BCUT2D eigenvalue weighted by atomic mass is 15.1. The van der Waals surface area contributed by atoms with Gasteiger partial charge in [0, 0.05) is 24.8 Å². The third-order valence-electron chi connectivity index (χ3n) is 4.23. The molecule has 1 aliphatic heterocycles. The van der Waals surface area contributed by atoms with Crippen LogP contribution in [0.3, 0.4) is 0 Å². The first-order valence-electron chi connectivity index (χ1n) is 8.29. The van der Waals surface area contributed by atoms with E-state index in [1.54, 1.807) is 0 Å². The smallest absolute Gasteiger partial charge is 0.0414 e. The fourth-order valence-electron chi connectivity index (χ4n) is 3.21. The van der Waals surface area contributed by atoms with E-state index in [2.05, 4.69) is 55.3 Å². The van der Waals surface area contributed by atoms with Gasteiger partial charge in [0.05, 0.1) is 0 Å².